The number of hydrogen-bond donors (Lipinski definition) is 4. The lowest BCUT2D eigenvalue weighted by atomic mass is 9.79. The monoisotopic (exact) mass is 979 g/mol. The number of anilines is 1. The lowest BCUT2D eigenvalue weighted by molar-refractivity contribution is -0.136. The maximum absolute atomic E-state index is 14.1. The molecule has 0 saturated carbocycles. The normalized spacial score (nSPS) is 17.8. The molecule has 0 spiro atoms. The Bertz CT molecular complexity index is 2860. The summed E-state index contributed by atoms with van der Waals surface area (Å²) in [6.45, 7) is 7.85. The second-order valence-electron chi connectivity index (χ2n) is 18.7. The third-order valence-corrected chi connectivity index (χ3v) is 13.4. The van der Waals surface area contributed by atoms with Crippen LogP contribution in [-0.2, 0) is 14.4 Å². The van der Waals surface area contributed by atoms with E-state index in [1.165, 1.54) is 14.2 Å². The molecule has 376 valence electrons. The number of hydrogen-bond acceptors (Lipinski definition) is 12. The average Bonchev–Trinajstić information content (AvgIpc) is 3.95. The van der Waals surface area contributed by atoms with Gasteiger partial charge in [0.25, 0.3) is 11.8 Å². The first-order valence-corrected chi connectivity index (χ1v) is 24.3. The first kappa shape index (κ1) is 50.4. The number of unbranched alkanes of at least 4 members (excludes halogenated alkanes) is 1. The molecule has 17 heteroatoms. The largest absolute Gasteiger partial charge is 0.508 e. The highest BCUT2D eigenvalue weighted by Crippen LogP contribution is 2.42. The van der Waals surface area contributed by atoms with Crippen molar-refractivity contribution >= 4 is 70.2 Å². The molecular formula is C55H61N7O10. The van der Waals surface area contributed by atoms with Gasteiger partial charge >= 0.3 is 0 Å². The van der Waals surface area contributed by atoms with Gasteiger partial charge in [0.05, 0.1) is 67.9 Å². The predicted molar refractivity (Wildman–Crippen MR) is 274 cm³/mol. The van der Waals surface area contributed by atoms with Gasteiger partial charge in [-0.2, -0.15) is 0 Å². The van der Waals surface area contributed by atoms with Crippen molar-refractivity contribution in [3.63, 3.8) is 0 Å². The Kier molecular flexibility index (Phi) is 15.4. The highest BCUT2D eigenvalue weighted by Gasteiger charge is 2.37. The minimum atomic E-state index is -0.870. The van der Waals surface area contributed by atoms with Gasteiger partial charge < -0.3 is 50.2 Å². The number of nitrogens with two attached hydrogens (primary N) is 1. The van der Waals surface area contributed by atoms with E-state index in [2.05, 4.69) is 15.6 Å². The van der Waals surface area contributed by atoms with E-state index >= 15 is 0 Å². The number of fused-ring (bicyclic) bond motifs is 4. The second-order valence-corrected chi connectivity index (χ2v) is 18.7. The van der Waals surface area contributed by atoms with Crippen LogP contribution in [0, 0.1) is 17.8 Å². The minimum Gasteiger partial charge on any atom is -0.508 e. The van der Waals surface area contributed by atoms with Gasteiger partial charge in [0, 0.05) is 67.8 Å². The van der Waals surface area contributed by atoms with Crippen molar-refractivity contribution in [1.29, 1.82) is 0 Å². The van der Waals surface area contributed by atoms with E-state index in [1.807, 2.05) is 57.4 Å². The molecule has 5 atom stereocenters. The van der Waals surface area contributed by atoms with Crippen molar-refractivity contribution in [2.45, 2.75) is 84.3 Å². The molecule has 72 heavy (non-hydrogen) atoms. The number of aliphatic imine (C=N–C) groups is 2. The van der Waals surface area contributed by atoms with E-state index in [0.29, 0.717) is 76.9 Å². The summed E-state index contributed by atoms with van der Waals surface area (Å²) in [6, 6.07) is 19.4. The summed E-state index contributed by atoms with van der Waals surface area (Å²) in [5.41, 5.74) is 11.6. The van der Waals surface area contributed by atoms with Crippen LogP contribution in [0.1, 0.15) is 98.1 Å². The molecule has 4 aromatic carbocycles. The number of benzene rings is 4. The van der Waals surface area contributed by atoms with Gasteiger partial charge in [-0.15, -0.1) is 0 Å². The summed E-state index contributed by atoms with van der Waals surface area (Å²) in [4.78, 5) is 79.4. The molecule has 0 radical (unpaired) electrons. The molecule has 4 aliphatic rings. The molecule has 4 aliphatic heterocycles. The zero-order chi connectivity index (χ0) is 51.2. The Morgan fingerprint density at radius 3 is 1.68 bits per heavy atom. The van der Waals surface area contributed by atoms with Gasteiger partial charge in [-0.05, 0) is 77.9 Å². The molecule has 8 rings (SSSR count). The number of carbonyl (C=O) groups is 5. The van der Waals surface area contributed by atoms with Crippen LogP contribution in [0.4, 0.5) is 17.1 Å². The molecule has 5 amide bonds. The van der Waals surface area contributed by atoms with Crippen LogP contribution >= 0.6 is 0 Å². The molecule has 1 unspecified atom stereocenters. The smallest absolute Gasteiger partial charge is 0.260 e. The van der Waals surface area contributed by atoms with Gasteiger partial charge in [-0.25, -0.2) is 0 Å². The van der Waals surface area contributed by atoms with E-state index in [9.17, 15) is 29.1 Å². The van der Waals surface area contributed by atoms with Crippen LogP contribution in [-0.4, -0.2) is 102 Å². The van der Waals surface area contributed by atoms with Crippen LogP contribution < -0.4 is 35.3 Å². The summed E-state index contributed by atoms with van der Waals surface area (Å²) >= 11 is 0. The molecule has 0 bridgehead atoms. The Hall–Kier alpha value is -7.95. The van der Waals surface area contributed by atoms with Crippen LogP contribution in [0.2, 0.25) is 0 Å². The number of aromatic hydroxyl groups is 1. The fourth-order valence-electron chi connectivity index (χ4n) is 9.51. The van der Waals surface area contributed by atoms with Crippen LogP contribution in [0.5, 0.6) is 28.7 Å². The molecule has 0 aliphatic carbocycles. The van der Waals surface area contributed by atoms with Gasteiger partial charge in [-0.3, -0.25) is 34.0 Å². The number of nitrogens with zero attached hydrogens (tertiary/aromatic N) is 4. The zero-order valence-corrected chi connectivity index (χ0v) is 41.3. The molecule has 17 nitrogen and oxygen atoms in total. The van der Waals surface area contributed by atoms with Crippen molar-refractivity contribution in [2.24, 2.45) is 33.5 Å². The molecule has 5 N–H and O–H groups in total. The Labute approximate surface area is 418 Å². The van der Waals surface area contributed by atoms with E-state index in [4.69, 9.17) is 29.7 Å². The Balaban J connectivity index is 0.850. The topological polar surface area (TPSA) is 224 Å². The highest BCUT2D eigenvalue weighted by molar-refractivity contribution is 6.07. The molecule has 0 fully saturated rings. The fraction of sp³-hybridized carbons (Fsp3) is 0.364. The van der Waals surface area contributed by atoms with Crippen LogP contribution in [0.3, 0.4) is 0 Å². The van der Waals surface area contributed by atoms with Gasteiger partial charge in [-0.1, -0.05) is 57.9 Å². The Morgan fingerprint density at radius 2 is 1.22 bits per heavy atom. The van der Waals surface area contributed by atoms with E-state index in [1.54, 1.807) is 77.7 Å². The number of rotatable bonds is 20. The van der Waals surface area contributed by atoms with Crippen LogP contribution in [0.25, 0.3) is 11.1 Å². The summed E-state index contributed by atoms with van der Waals surface area (Å²) in [5, 5.41) is 15.4. The first-order chi connectivity index (χ1) is 34.7. The Morgan fingerprint density at radius 1 is 0.722 bits per heavy atom. The third kappa shape index (κ3) is 10.8. The second kappa shape index (κ2) is 22.0. The molecule has 0 aromatic heterocycles. The van der Waals surface area contributed by atoms with E-state index < -0.39 is 29.7 Å². The molecule has 4 aromatic rings. The molecule has 4 heterocycles. The van der Waals surface area contributed by atoms with Crippen molar-refractivity contribution in [3.8, 4) is 28.7 Å². The summed E-state index contributed by atoms with van der Waals surface area (Å²) in [5.74, 6) is -1.40. The quantitative estimate of drug-likeness (QED) is 0.0621. The zero-order valence-electron chi connectivity index (χ0n) is 41.3. The predicted octanol–water partition coefficient (Wildman–Crippen LogP) is 8.21. The van der Waals surface area contributed by atoms with E-state index in [-0.39, 0.29) is 54.7 Å². The van der Waals surface area contributed by atoms with Crippen molar-refractivity contribution in [2.75, 3.05) is 32.8 Å². The number of nitrogens with one attached hydrogen (secondary N) is 2. The molecule has 0 saturated heterocycles. The van der Waals surface area contributed by atoms with Crippen molar-refractivity contribution in [3.05, 3.63) is 107 Å². The lowest BCUT2D eigenvalue weighted by Crippen LogP contribution is -2.48. The number of phenolic OH excluding ortho intramolecular Hbond substituents is 1. The highest BCUT2D eigenvalue weighted by atomic mass is 16.5. The lowest BCUT2D eigenvalue weighted by Gasteiger charge is -2.28. The molecular weight excluding hydrogens is 919 g/mol. The number of primary amides is 1. The number of methoxy groups -OCH3 is 2. The summed E-state index contributed by atoms with van der Waals surface area (Å²) < 4.78 is 23.6. The SMILES string of the molecule is CCCCC(C(N)=O)[C@@H](C(=O)N[C@@H](C)C(=O)Nc1ccc(C2=CN3C(=O)c4cc(OC)c(OCCCOc5cc6c(cc5OC)C(=O)N5C=C(c7ccc(O)cc7)C[C@H]5C=N6)cc4N=C[C@@H]3C2)cc1)C(C)C. The fourth-order valence-corrected chi connectivity index (χ4v) is 9.51. The summed E-state index contributed by atoms with van der Waals surface area (Å²) in [6.07, 6.45) is 10.9. The maximum atomic E-state index is 14.1. The first-order valence-electron chi connectivity index (χ1n) is 24.3. The summed E-state index contributed by atoms with van der Waals surface area (Å²) in [7, 11) is 3.02. The minimum absolute atomic E-state index is 0.154. The van der Waals surface area contributed by atoms with Gasteiger partial charge in [0.2, 0.25) is 17.7 Å². The van der Waals surface area contributed by atoms with Crippen molar-refractivity contribution < 1.29 is 48.0 Å². The van der Waals surface area contributed by atoms with Gasteiger partial charge in [0.15, 0.2) is 23.0 Å². The third-order valence-electron chi connectivity index (χ3n) is 13.4. The van der Waals surface area contributed by atoms with Gasteiger partial charge in [0.1, 0.15) is 11.8 Å². The number of ether oxygens (including phenoxy) is 4. The average molecular weight is 980 g/mol. The standard InChI is InChI=1S/C55H61N7O10/c1-7-8-10-41(51(56)64)50(31(2)3)53(66)59-32(4)52(65)60-37-15-11-33(12-16-37)35-21-38-27-57-44-25-48(46(69-5)23-42(44)54(67)61(38)29-35)71-19-9-20-72-49-26-45-43(24-47(49)70-6)55(68)62-30-36(22-39(62)28-58-45)34-13-17-40(63)18-14-34/h11-18,23-32,38-39,41,50,63H,7-10,19-22H2,1-6H3,(H2,56,64)(H,59,66)(H,60,65)/t32-,38-,39-,41?,50-/m0/s1. The maximum Gasteiger partial charge on any atom is 0.260 e. The van der Waals surface area contributed by atoms with Crippen LogP contribution in [0.15, 0.2) is 95.2 Å². The number of amides is 5. The number of phenols is 1. The number of carbonyl (C=O) groups excluding carboxylic acids is 5. The van der Waals surface area contributed by atoms with Crippen molar-refractivity contribution in [1.82, 2.24) is 15.1 Å². The van der Waals surface area contributed by atoms with E-state index in [0.717, 1.165) is 35.1 Å².